The van der Waals surface area contributed by atoms with Crippen LogP contribution in [0.15, 0.2) is 0 Å². The van der Waals surface area contributed by atoms with Crippen LogP contribution in [0, 0.1) is 29.1 Å². The van der Waals surface area contributed by atoms with Gasteiger partial charge in [0.25, 0.3) is 0 Å². The SMILES string of the molecule is OPOc1c(F)c(F)c(F)c(F)c1F. The van der Waals surface area contributed by atoms with E-state index < -0.39 is 43.9 Å². The summed E-state index contributed by atoms with van der Waals surface area (Å²) < 4.78 is 66.4. The van der Waals surface area contributed by atoms with E-state index in [-0.39, 0.29) is 0 Å². The summed E-state index contributed by atoms with van der Waals surface area (Å²) >= 11 is 0. The zero-order valence-corrected chi connectivity index (χ0v) is 7.25. The van der Waals surface area contributed by atoms with Gasteiger partial charge < -0.3 is 9.42 Å². The summed E-state index contributed by atoms with van der Waals surface area (Å²) in [6.45, 7) is 0. The molecule has 1 unspecified atom stereocenters. The molecule has 78 valence electrons. The lowest BCUT2D eigenvalue weighted by Crippen LogP contribution is -2.02. The highest BCUT2D eigenvalue weighted by Gasteiger charge is 2.26. The van der Waals surface area contributed by atoms with E-state index >= 15 is 0 Å². The van der Waals surface area contributed by atoms with Gasteiger partial charge in [-0.3, -0.25) is 0 Å². The third-order valence-corrected chi connectivity index (χ3v) is 1.61. The van der Waals surface area contributed by atoms with Crippen LogP contribution in [0.25, 0.3) is 0 Å². The van der Waals surface area contributed by atoms with Crippen LogP contribution in [0.3, 0.4) is 0 Å². The van der Waals surface area contributed by atoms with Crippen LogP contribution in [0.1, 0.15) is 0 Å². The largest absolute Gasteiger partial charge is 0.444 e. The molecule has 1 N–H and O–H groups in total. The molecule has 14 heavy (non-hydrogen) atoms. The highest BCUT2D eigenvalue weighted by molar-refractivity contribution is 7.25. The summed E-state index contributed by atoms with van der Waals surface area (Å²) in [4.78, 5) is 8.15. The number of rotatable bonds is 2. The first kappa shape index (κ1) is 11.1. The Bertz CT molecular complexity index is 341. The second kappa shape index (κ2) is 4.06. The normalized spacial score (nSPS) is 11.3. The molecule has 0 spiro atoms. The van der Waals surface area contributed by atoms with Gasteiger partial charge in [0.05, 0.1) is 0 Å². The van der Waals surface area contributed by atoms with Crippen molar-refractivity contribution in [2.75, 3.05) is 0 Å². The lowest BCUT2D eigenvalue weighted by atomic mass is 10.3. The monoisotopic (exact) mass is 232 g/mol. The molecule has 0 aromatic heterocycles. The smallest absolute Gasteiger partial charge is 0.212 e. The Balaban J connectivity index is 3.43. The van der Waals surface area contributed by atoms with E-state index in [0.29, 0.717) is 0 Å². The summed E-state index contributed by atoms with van der Waals surface area (Å²) in [7, 11) is -1.42. The van der Waals surface area contributed by atoms with Crippen LogP contribution in [0.4, 0.5) is 22.0 Å². The van der Waals surface area contributed by atoms with Gasteiger partial charge in [0.1, 0.15) is 0 Å². The van der Waals surface area contributed by atoms with Gasteiger partial charge in [-0.25, -0.2) is 13.2 Å². The van der Waals surface area contributed by atoms with Crippen molar-refractivity contribution in [2.24, 2.45) is 0 Å². The van der Waals surface area contributed by atoms with Gasteiger partial charge in [-0.1, -0.05) is 0 Å². The van der Waals surface area contributed by atoms with E-state index in [1.54, 1.807) is 0 Å². The second-order valence-electron chi connectivity index (χ2n) is 2.09. The van der Waals surface area contributed by atoms with E-state index in [0.717, 1.165) is 0 Å². The molecule has 2 nitrogen and oxygen atoms in total. The van der Waals surface area contributed by atoms with Crippen LogP contribution in [-0.2, 0) is 0 Å². The predicted molar refractivity (Wildman–Crippen MR) is 37.4 cm³/mol. The molecule has 8 heteroatoms. The minimum absolute atomic E-state index is 1.42. The Kier molecular flexibility index (Phi) is 3.23. The Morgan fingerprint density at radius 3 is 1.50 bits per heavy atom. The van der Waals surface area contributed by atoms with Crippen molar-refractivity contribution in [3.8, 4) is 5.75 Å². The van der Waals surface area contributed by atoms with E-state index in [9.17, 15) is 22.0 Å². The molecule has 0 radical (unpaired) electrons. The first-order chi connectivity index (χ1) is 6.50. The Morgan fingerprint density at radius 2 is 1.14 bits per heavy atom. The average molecular weight is 232 g/mol. The van der Waals surface area contributed by atoms with E-state index in [4.69, 9.17) is 4.89 Å². The van der Waals surface area contributed by atoms with Gasteiger partial charge in [-0.05, 0) is 0 Å². The molecule has 0 saturated carbocycles. The fourth-order valence-corrected chi connectivity index (χ4v) is 0.991. The summed E-state index contributed by atoms with van der Waals surface area (Å²) in [6, 6.07) is 0. The molecule has 0 aliphatic carbocycles. The zero-order chi connectivity index (χ0) is 10.9. The number of halogens is 5. The number of hydrogen-bond donors (Lipinski definition) is 1. The molecule has 1 rings (SSSR count). The molecule has 0 heterocycles. The topological polar surface area (TPSA) is 29.5 Å². The third-order valence-electron chi connectivity index (χ3n) is 1.32. The Morgan fingerprint density at radius 1 is 0.786 bits per heavy atom. The molecular formula is C6H2F5O2P. The maximum absolute atomic E-state index is 12.6. The first-order valence-electron chi connectivity index (χ1n) is 3.08. The molecule has 1 atom stereocenters. The van der Waals surface area contributed by atoms with Crippen molar-refractivity contribution in [1.29, 1.82) is 0 Å². The highest BCUT2D eigenvalue weighted by atomic mass is 31.1. The number of hydrogen-bond acceptors (Lipinski definition) is 2. The molecule has 1 aromatic rings. The van der Waals surface area contributed by atoms with Crippen molar-refractivity contribution in [3.63, 3.8) is 0 Å². The summed E-state index contributed by atoms with van der Waals surface area (Å²) in [5.74, 6) is -12.2. The van der Waals surface area contributed by atoms with E-state index in [2.05, 4.69) is 4.52 Å². The minimum atomic E-state index is -2.27. The van der Waals surface area contributed by atoms with Gasteiger partial charge in [0.15, 0.2) is 0 Å². The van der Waals surface area contributed by atoms with Crippen molar-refractivity contribution in [1.82, 2.24) is 0 Å². The molecule has 0 saturated heterocycles. The van der Waals surface area contributed by atoms with Gasteiger partial charge in [0.2, 0.25) is 43.9 Å². The van der Waals surface area contributed by atoms with Crippen molar-refractivity contribution < 1.29 is 31.4 Å². The van der Waals surface area contributed by atoms with Crippen molar-refractivity contribution in [3.05, 3.63) is 29.1 Å². The van der Waals surface area contributed by atoms with Crippen LogP contribution < -0.4 is 4.52 Å². The van der Waals surface area contributed by atoms with Crippen LogP contribution in [0.5, 0.6) is 5.75 Å². The number of benzene rings is 1. The Labute approximate surface area is 76.3 Å². The molecule has 0 amide bonds. The van der Waals surface area contributed by atoms with Gasteiger partial charge >= 0.3 is 0 Å². The maximum Gasteiger partial charge on any atom is 0.212 e. The maximum atomic E-state index is 12.6. The van der Waals surface area contributed by atoms with Crippen LogP contribution in [0.2, 0.25) is 0 Å². The summed E-state index contributed by atoms with van der Waals surface area (Å²) in [5, 5.41) is 0. The third kappa shape index (κ3) is 1.65. The van der Waals surface area contributed by atoms with E-state index in [1.807, 2.05) is 0 Å². The van der Waals surface area contributed by atoms with Gasteiger partial charge in [0, 0.05) is 0 Å². The van der Waals surface area contributed by atoms with Crippen LogP contribution >= 0.6 is 9.03 Å². The lowest BCUT2D eigenvalue weighted by molar-refractivity contribution is 0.348. The predicted octanol–water partition coefficient (Wildman–Crippen LogP) is 2.26. The van der Waals surface area contributed by atoms with E-state index in [1.165, 1.54) is 0 Å². The second-order valence-corrected chi connectivity index (χ2v) is 2.48. The lowest BCUT2D eigenvalue weighted by Gasteiger charge is -2.06. The zero-order valence-electron chi connectivity index (χ0n) is 6.25. The minimum Gasteiger partial charge on any atom is -0.444 e. The standard InChI is InChI=1S/C6H2F5O2P/c7-1-2(8)4(10)6(13-14-12)5(11)3(1)9/h12,14H. The fraction of sp³-hybridized carbons (Fsp3) is 0. The fourth-order valence-electron chi connectivity index (χ4n) is 0.720. The molecule has 0 aliphatic rings. The van der Waals surface area contributed by atoms with Gasteiger partial charge in [-0.2, -0.15) is 8.78 Å². The summed E-state index contributed by atoms with van der Waals surface area (Å²) in [6.07, 6.45) is 0. The molecule has 0 bridgehead atoms. The molecular weight excluding hydrogens is 230 g/mol. The molecule has 0 fully saturated rings. The van der Waals surface area contributed by atoms with Crippen molar-refractivity contribution in [2.45, 2.75) is 0 Å². The highest BCUT2D eigenvalue weighted by Crippen LogP contribution is 2.31. The quantitative estimate of drug-likeness (QED) is 0.366. The van der Waals surface area contributed by atoms with Crippen LogP contribution in [-0.4, -0.2) is 4.89 Å². The Hall–Kier alpha value is -0.940. The average Bonchev–Trinajstić information content (AvgIpc) is 2.19. The van der Waals surface area contributed by atoms with Crippen molar-refractivity contribution >= 4 is 9.03 Å². The summed E-state index contributed by atoms with van der Waals surface area (Å²) in [5.41, 5.74) is 0. The molecule has 1 aromatic carbocycles. The van der Waals surface area contributed by atoms with Gasteiger partial charge in [-0.15, -0.1) is 0 Å². The first-order valence-corrected chi connectivity index (χ1v) is 3.93. The molecule has 0 aliphatic heterocycles.